The molecule has 0 spiro atoms. The lowest BCUT2D eigenvalue weighted by Gasteiger charge is -2.20. The predicted octanol–water partition coefficient (Wildman–Crippen LogP) is 0.169. The number of aromatic nitrogens is 2. The van der Waals surface area contributed by atoms with Gasteiger partial charge in [0, 0.05) is 12.1 Å². The molecule has 18 heavy (non-hydrogen) atoms. The number of primary amides is 1. The molecule has 0 unspecified atom stereocenters. The fourth-order valence-corrected chi connectivity index (χ4v) is 1.88. The largest absolute Gasteiger partial charge is 0.433 e. The summed E-state index contributed by atoms with van der Waals surface area (Å²) in [4.78, 5) is 18.1. The summed E-state index contributed by atoms with van der Waals surface area (Å²) in [5.74, 6) is -0.941. The van der Waals surface area contributed by atoms with Crippen molar-refractivity contribution in [3.63, 3.8) is 0 Å². The van der Waals surface area contributed by atoms with Gasteiger partial charge in [0.1, 0.15) is 5.82 Å². The average Bonchev–Trinajstić information content (AvgIpc) is 2.25. The molecule has 5 nitrogen and oxygen atoms in total. The molecule has 0 fully saturated rings. The number of hydrogen-bond donors (Lipinski definition) is 2. The van der Waals surface area contributed by atoms with Crippen LogP contribution < -0.4 is 11.1 Å². The maximum atomic E-state index is 12.9. The Morgan fingerprint density at radius 1 is 1.39 bits per heavy atom. The summed E-state index contributed by atoms with van der Waals surface area (Å²) < 4.78 is 38.6. The molecule has 0 aromatic carbocycles. The first-order valence-electron chi connectivity index (χ1n) is 5.33. The van der Waals surface area contributed by atoms with Crippen molar-refractivity contribution < 1.29 is 18.0 Å². The van der Waals surface area contributed by atoms with Gasteiger partial charge in [-0.3, -0.25) is 4.79 Å². The number of carbonyl (C=O) groups is 1. The summed E-state index contributed by atoms with van der Waals surface area (Å²) in [7, 11) is 0. The van der Waals surface area contributed by atoms with E-state index in [1.54, 1.807) is 0 Å². The molecule has 3 N–H and O–H groups in total. The van der Waals surface area contributed by atoms with Crippen LogP contribution in [0.2, 0.25) is 0 Å². The highest BCUT2D eigenvalue weighted by Crippen LogP contribution is 2.32. The standard InChI is InChI=1S/C10H11F3N4O/c11-10(12,13)9-5-1-2-15-4-6(5)16-8(17-9)3-7(14)18/h15H,1-4H2,(H2,14,18). The molecule has 0 aliphatic carbocycles. The van der Waals surface area contributed by atoms with E-state index in [-0.39, 0.29) is 24.4 Å². The molecular weight excluding hydrogens is 249 g/mol. The molecule has 0 atom stereocenters. The summed E-state index contributed by atoms with van der Waals surface area (Å²) in [5.41, 5.74) is 4.39. The number of hydrogen-bond acceptors (Lipinski definition) is 4. The number of fused-ring (bicyclic) bond motifs is 1. The normalized spacial score (nSPS) is 15.3. The smallest absolute Gasteiger partial charge is 0.369 e. The second-order valence-electron chi connectivity index (χ2n) is 3.98. The van der Waals surface area contributed by atoms with Gasteiger partial charge >= 0.3 is 6.18 Å². The van der Waals surface area contributed by atoms with Gasteiger partial charge in [-0.1, -0.05) is 0 Å². The number of alkyl halides is 3. The third-order valence-corrected chi connectivity index (χ3v) is 2.58. The van der Waals surface area contributed by atoms with Gasteiger partial charge in [-0.05, 0) is 13.0 Å². The third-order valence-electron chi connectivity index (χ3n) is 2.58. The van der Waals surface area contributed by atoms with E-state index in [1.165, 1.54) is 0 Å². The van der Waals surface area contributed by atoms with E-state index >= 15 is 0 Å². The van der Waals surface area contributed by atoms with Crippen LogP contribution in [0.4, 0.5) is 13.2 Å². The van der Waals surface area contributed by atoms with Crippen LogP contribution in [0.15, 0.2) is 0 Å². The molecule has 1 aliphatic rings. The van der Waals surface area contributed by atoms with E-state index in [1.807, 2.05) is 0 Å². The van der Waals surface area contributed by atoms with Crippen molar-refractivity contribution >= 4 is 5.91 Å². The van der Waals surface area contributed by atoms with Crippen molar-refractivity contribution in [2.75, 3.05) is 6.54 Å². The Hall–Kier alpha value is -1.70. The molecule has 0 saturated carbocycles. The van der Waals surface area contributed by atoms with Crippen LogP contribution in [-0.4, -0.2) is 22.4 Å². The molecular formula is C10H11F3N4O. The van der Waals surface area contributed by atoms with Crippen LogP contribution >= 0.6 is 0 Å². The summed E-state index contributed by atoms with van der Waals surface area (Å²) in [6, 6.07) is 0. The Morgan fingerprint density at radius 2 is 2.11 bits per heavy atom. The van der Waals surface area contributed by atoms with E-state index in [2.05, 4.69) is 15.3 Å². The van der Waals surface area contributed by atoms with Crippen molar-refractivity contribution in [3.8, 4) is 0 Å². The Morgan fingerprint density at radius 3 is 2.72 bits per heavy atom. The molecule has 1 amide bonds. The van der Waals surface area contributed by atoms with Crippen molar-refractivity contribution in [2.24, 2.45) is 5.73 Å². The molecule has 98 valence electrons. The zero-order valence-corrected chi connectivity index (χ0v) is 9.34. The Kier molecular flexibility index (Phi) is 3.20. The van der Waals surface area contributed by atoms with Gasteiger partial charge in [0.05, 0.1) is 12.1 Å². The SMILES string of the molecule is NC(=O)Cc1nc2c(c(C(F)(F)F)n1)CCNC2. The summed E-state index contributed by atoms with van der Waals surface area (Å²) >= 11 is 0. The fraction of sp³-hybridized carbons (Fsp3) is 0.500. The summed E-state index contributed by atoms with van der Waals surface area (Å²) in [6.45, 7) is 0.696. The topological polar surface area (TPSA) is 80.9 Å². The first-order valence-corrected chi connectivity index (χ1v) is 5.33. The summed E-state index contributed by atoms with van der Waals surface area (Å²) in [6.07, 6.45) is -4.71. The zero-order chi connectivity index (χ0) is 13.3. The monoisotopic (exact) mass is 260 g/mol. The average molecular weight is 260 g/mol. The highest BCUT2D eigenvalue weighted by atomic mass is 19.4. The van der Waals surface area contributed by atoms with Gasteiger partial charge in [-0.2, -0.15) is 13.2 Å². The Labute approximate surface area is 101 Å². The molecule has 2 heterocycles. The van der Waals surface area contributed by atoms with Gasteiger partial charge in [-0.15, -0.1) is 0 Å². The second-order valence-corrected chi connectivity index (χ2v) is 3.98. The fourth-order valence-electron chi connectivity index (χ4n) is 1.88. The first kappa shape index (κ1) is 12.7. The lowest BCUT2D eigenvalue weighted by molar-refractivity contribution is -0.142. The number of amides is 1. The molecule has 0 radical (unpaired) electrons. The van der Waals surface area contributed by atoms with Gasteiger partial charge < -0.3 is 11.1 Å². The number of rotatable bonds is 2. The molecule has 0 bridgehead atoms. The molecule has 1 aliphatic heterocycles. The number of nitrogens with zero attached hydrogens (tertiary/aromatic N) is 2. The lowest BCUT2D eigenvalue weighted by Crippen LogP contribution is -2.30. The minimum atomic E-state index is -4.54. The maximum Gasteiger partial charge on any atom is 0.433 e. The van der Waals surface area contributed by atoms with Crippen LogP contribution in [0, 0.1) is 0 Å². The van der Waals surface area contributed by atoms with Crippen molar-refractivity contribution in [1.82, 2.24) is 15.3 Å². The minimum Gasteiger partial charge on any atom is -0.369 e. The zero-order valence-electron chi connectivity index (χ0n) is 9.34. The molecule has 2 rings (SSSR count). The van der Waals surface area contributed by atoms with E-state index in [0.717, 1.165) is 0 Å². The molecule has 1 aromatic rings. The number of halogens is 3. The van der Waals surface area contributed by atoms with Crippen molar-refractivity contribution in [3.05, 3.63) is 22.8 Å². The third kappa shape index (κ3) is 2.58. The number of nitrogens with one attached hydrogen (secondary N) is 1. The predicted molar refractivity (Wildman–Crippen MR) is 55.3 cm³/mol. The van der Waals surface area contributed by atoms with Crippen LogP contribution in [-0.2, 0) is 30.4 Å². The number of carbonyl (C=O) groups excluding carboxylic acids is 1. The molecule has 0 saturated heterocycles. The Bertz CT molecular complexity index is 487. The number of nitrogens with two attached hydrogens (primary N) is 1. The second kappa shape index (κ2) is 4.52. The van der Waals surface area contributed by atoms with Crippen LogP contribution in [0.3, 0.4) is 0 Å². The molecule has 1 aromatic heterocycles. The van der Waals surface area contributed by atoms with Crippen molar-refractivity contribution in [2.45, 2.75) is 25.6 Å². The van der Waals surface area contributed by atoms with Crippen molar-refractivity contribution in [1.29, 1.82) is 0 Å². The van der Waals surface area contributed by atoms with E-state index in [4.69, 9.17) is 5.73 Å². The lowest BCUT2D eigenvalue weighted by atomic mass is 10.0. The van der Waals surface area contributed by atoms with Gasteiger partial charge in [0.2, 0.25) is 5.91 Å². The van der Waals surface area contributed by atoms with Gasteiger partial charge in [0.25, 0.3) is 0 Å². The van der Waals surface area contributed by atoms with E-state index in [0.29, 0.717) is 12.2 Å². The van der Waals surface area contributed by atoms with Crippen LogP contribution in [0.5, 0.6) is 0 Å². The highest BCUT2D eigenvalue weighted by Gasteiger charge is 2.37. The van der Waals surface area contributed by atoms with E-state index in [9.17, 15) is 18.0 Å². The van der Waals surface area contributed by atoms with Crippen LogP contribution in [0.25, 0.3) is 0 Å². The first-order chi connectivity index (χ1) is 8.38. The molecule has 8 heteroatoms. The quantitative estimate of drug-likeness (QED) is 0.794. The minimum absolute atomic E-state index is 0.106. The van der Waals surface area contributed by atoms with Gasteiger partial charge in [-0.25, -0.2) is 9.97 Å². The van der Waals surface area contributed by atoms with E-state index < -0.39 is 24.2 Å². The highest BCUT2D eigenvalue weighted by molar-refractivity contribution is 5.75. The maximum absolute atomic E-state index is 12.9. The van der Waals surface area contributed by atoms with Gasteiger partial charge in [0.15, 0.2) is 5.69 Å². The summed E-state index contributed by atoms with van der Waals surface area (Å²) in [5, 5.41) is 2.93. The Balaban J connectivity index is 2.51. The van der Waals surface area contributed by atoms with Crippen LogP contribution in [0.1, 0.15) is 22.8 Å².